The fraction of sp³-hybridized carbons (Fsp3) is 0.818. The maximum Gasteiger partial charge on any atom is -0.0286 e. The van der Waals surface area contributed by atoms with Gasteiger partial charge in [0.2, 0.25) is 0 Å². The van der Waals surface area contributed by atoms with E-state index >= 15 is 0 Å². The third-order valence-corrected chi connectivity index (χ3v) is 0.604. The van der Waals surface area contributed by atoms with Gasteiger partial charge in [-0.05, 0) is 12.8 Å². The van der Waals surface area contributed by atoms with E-state index in [9.17, 15) is 0 Å². The minimum Gasteiger partial charge on any atom is -0.0998 e. The zero-order valence-corrected chi connectivity index (χ0v) is 9.33. The van der Waals surface area contributed by atoms with Crippen LogP contribution < -0.4 is 0 Å². The summed E-state index contributed by atoms with van der Waals surface area (Å²) in [7, 11) is 0. The second kappa shape index (κ2) is 22.6. The molecule has 0 aromatic heterocycles. The van der Waals surface area contributed by atoms with Gasteiger partial charge in [-0.1, -0.05) is 60.1 Å². The first-order valence-electron chi connectivity index (χ1n) is 4.97. The molecule has 0 aromatic carbocycles. The zero-order valence-electron chi connectivity index (χ0n) is 9.33. The molecule has 0 N–H and O–H groups in total. The second-order valence-corrected chi connectivity index (χ2v) is 1.96. The second-order valence-electron chi connectivity index (χ2n) is 1.96. The average Bonchev–Trinajstić information content (AvgIpc) is 2.82. The van der Waals surface area contributed by atoms with Crippen LogP contribution in [0.2, 0.25) is 0 Å². The van der Waals surface area contributed by atoms with Gasteiger partial charge in [-0.15, -0.1) is 0 Å². The third-order valence-electron chi connectivity index (χ3n) is 0.604. The van der Waals surface area contributed by atoms with Crippen molar-refractivity contribution in [3.63, 3.8) is 0 Å². The molecule has 0 heterocycles. The van der Waals surface area contributed by atoms with Crippen molar-refractivity contribution >= 4 is 0 Å². The van der Waals surface area contributed by atoms with Crippen LogP contribution in [0.4, 0.5) is 0 Å². The lowest BCUT2D eigenvalue weighted by atomic mass is 10.6. The molecule has 0 spiro atoms. The summed E-state index contributed by atoms with van der Waals surface area (Å²) in [5, 5.41) is 0. The lowest BCUT2D eigenvalue weighted by Gasteiger charge is -1.48. The van der Waals surface area contributed by atoms with Gasteiger partial charge in [0.15, 0.2) is 0 Å². The quantitative estimate of drug-likeness (QED) is 0.444. The molecule has 1 fully saturated rings. The van der Waals surface area contributed by atoms with Crippen LogP contribution in [-0.2, 0) is 0 Å². The van der Waals surface area contributed by atoms with Gasteiger partial charge < -0.3 is 0 Å². The smallest absolute Gasteiger partial charge is 0.0286 e. The molecular weight excluding hydrogens is 132 g/mol. The van der Waals surface area contributed by atoms with Crippen molar-refractivity contribution in [2.75, 3.05) is 0 Å². The Balaban J connectivity index is -0.0000000835. The van der Waals surface area contributed by atoms with Crippen molar-refractivity contribution in [1.82, 2.24) is 0 Å². The molecule has 0 aromatic rings. The van der Waals surface area contributed by atoms with Crippen molar-refractivity contribution in [3.8, 4) is 0 Å². The van der Waals surface area contributed by atoms with Gasteiger partial charge in [-0.3, -0.25) is 0 Å². The summed E-state index contributed by atoms with van der Waals surface area (Å²) < 4.78 is 0. The Morgan fingerprint density at radius 2 is 1.09 bits per heavy atom. The Hall–Kier alpha value is -0.260. The lowest BCUT2D eigenvalue weighted by Crippen LogP contribution is -1.27. The molecule has 1 aliphatic carbocycles. The largest absolute Gasteiger partial charge is 0.0998 e. The van der Waals surface area contributed by atoms with E-state index in [1.807, 2.05) is 27.7 Å². The molecule has 0 saturated heterocycles. The zero-order chi connectivity index (χ0) is 9.70. The molecule has 1 aliphatic rings. The van der Waals surface area contributed by atoms with Crippen LogP contribution in [0.3, 0.4) is 0 Å². The van der Waals surface area contributed by atoms with Crippen LogP contribution in [0.25, 0.3) is 0 Å². The van der Waals surface area contributed by atoms with E-state index in [2.05, 4.69) is 20.4 Å². The molecule has 0 bridgehead atoms. The first-order chi connectivity index (χ1) is 5.31. The number of hydrogen-bond acceptors (Lipinski definition) is 0. The molecule has 0 radical (unpaired) electrons. The molecule has 1 rings (SSSR count). The fourth-order valence-electron chi connectivity index (χ4n) is 0.0884. The van der Waals surface area contributed by atoms with Crippen molar-refractivity contribution in [1.29, 1.82) is 0 Å². The molecule has 0 unspecified atom stereocenters. The first-order valence-corrected chi connectivity index (χ1v) is 4.97. The van der Waals surface area contributed by atoms with Crippen LogP contribution in [0.1, 0.15) is 60.8 Å². The van der Waals surface area contributed by atoms with E-state index in [1.165, 1.54) is 24.8 Å². The summed E-state index contributed by atoms with van der Waals surface area (Å²) >= 11 is 0. The van der Waals surface area contributed by atoms with Crippen LogP contribution in [0, 0.1) is 0 Å². The maximum atomic E-state index is 3.67. The van der Waals surface area contributed by atoms with E-state index in [0.717, 1.165) is 0 Å². The Morgan fingerprint density at radius 1 is 1.00 bits per heavy atom. The van der Waals surface area contributed by atoms with Crippen molar-refractivity contribution in [2.45, 2.75) is 60.8 Å². The van der Waals surface area contributed by atoms with E-state index in [-0.39, 0.29) is 0 Å². The SMILES string of the molecule is C=C1CC1.CC.CC.CCC. The highest BCUT2D eigenvalue weighted by atomic mass is 14.1. The average molecular weight is 158 g/mol. The molecule has 0 amide bonds. The van der Waals surface area contributed by atoms with Crippen LogP contribution >= 0.6 is 0 Å². The number of allylic oxidation sites excluding steroid dienone is 1. The lowest BCUT2D eigenvalue weighted by molar-refractivity contribution is 1.09. The fourth-order valence-corrected chi connectivity index (χ4v) is 0.0884. The van der Waals surface area contributed by atoms with Gasteiger partial charge in [0.05, 0.1) is 0 Å². The van der Waals surface area contributed by atoms with Gasteiger partial charge in [0, 0.05) is 0 Å². The topological polar surface area (TPSA) is 0 Å². The van der Waals surface area contributed by atoms with Crippen LogP contribution in [0.15, 0.2) is 12.2 Å². The minimum absolute atomic E-state index is 1.25. The highest BCUT2D eigenvalue weighted by molar-refractivity contribution is 5.09. The normalized spacial score (nSPS) is 10.5. The minimum atomic E-state index is 1.25. The third kappa shape index (κ3) is 77.7. The summed E-state index contributed by atoms with van der Waals surface area (Å²) in [6, 6.07) is 0. The first kappa shape index (κ1) is 17.0. The molecule has 11 heavy (non-hydrogen) atoms. The number of hydrogen-bond donors (Lipinski definition) is 0. The summed E-state index contributed by atoms with van der Waals surface area (Å²) in [4.78, 5) is 0. The predicted molar refractivity (Wildman–Crippen MR) is 57.0 cm³/mol. The van der Waals surface area contributed by atoms with Gasteiger partial charge in [-0.25, -0.2) is 0 Å². The standard InChI is InChI=1S/C4H6.C3H8.2C2H6/c1-4-2-3-4;1-3-2;2*1-2/h1-3H2;3H2,1-2H3;2*1-2H3. The molecule has 70 valence electrons. The highest BCUT2D eigenvalue weighted by Gasteiger charge is 2.04. The van der Waals surface area contributed by atoms with Crippen LogP contribution in [-0.4, -0.2) is 0 Å². The molecule has 0 nitrogen and oxygen atoms in total. The van der Waals surface area contributed by atoms with Gasteiger partial charge >= 0.3 is 0 Å². The molecule has 0 atom stereocenters. The highest BCUT2D eigenvalue weighted by Crippen LogP contribution is 2.23. The Kier molecular flexibility index (Phi) is 34.9. The Morgan fingerprint density at radius 3 is 1.09 bits per heavy atom. The van der Waals surface area contributed by atoms with Gasteiger partial charge in [0.1, 0.15) is 0 Å². The summed E-state index contributed by atoms with van der Waals surface area (Å²) in [5.74, 6) is 0. The van der Waals surface area contributed by atoms with Crippen molar-refractivity contribution in [2.24, 2.45) is 0 Å². The summed E-state index contributed by atoms with van der Waals surface area (Å²) in [6.07, 6.45) is 3.83. The predicted octanol–water partition coefficient (Wildman–Crippen LogP) is 4.81. The van der Waals surface area contributed by atoms with E-state index < -0.39 is 0 Å². The monoisotopic (exact) mass is 158 g/mol. The van der Waals surface area contributed by atoms with Gasteiger partial charge in [-0.2, -0.15) is 0 Å². The van der Waals surface area contributed by atoms with E-state index in [0.29, 0.717) is 0 Å². The summed E-state index contributed by atoms with van der Waals surface area (Å²) in [6.45, 7) is 15.9. The molecule has 1 saturated carbocycles. The van der Waals surface area contributed by atoms with E-state index in [1.54, 1.807) is 0 Å². The van der Waals surface area contributed by atoms with Crippen LogP contribution in [0.5, 0.6) is 0 Å². The Labute approximate surface area is 73.7 Å². The molecular formula is C11H26. The summed E-state index contributed by atoms with van der Waals surface area (Å²) in [5.41, 5.74) is 1.42. The Bertz CT molecular complexity index is 47.1. The van der Waals surface area contributed by atoms with Crippen molar-refractivity contribution < 1.29 is 0 Å². The van der Waals surface area contributed by atoms with E-state index in [4.69, 9.17) is 0 Å². The van der Waals surface area contributed by atoms with Crippen molar-refractivity contribution in [3.05, 3.63) is 12.2 Å². The molecule has 0 heteroatoms. The maximum absolute atomic E-state index is 3.67. The number of rotatable bonds is 0. The molecule has 0 aliphatic heterocycles. The van der Waals surface area contributed by atoms with Gasteiger partial charge in [0.25, 0.3) is 0 Å².